The lowest BCUT2D eigenvalue weighted by atomic mass is 9.86. The fourth-order valence-corrected chi connectivity index (χ4v) is 2.69. The van der Waals surface area contributed by atoms with E-state index in [4.69, 9.17) is 0 Å². The Morgan fingerprint density at radius 3 is 2.11 bits per heavy atom. The quantitative estimate of drug-likeness (QED) is 0.847. The van der Waals surface area contributed by atoms with E-state index < -0.39 is 0 Å². The summed E-state index contributed by atoms with van der Waals surface area (Å²) in [4.78, 5) is 0. The van der Waals surface area contributed by atoms with E-state index in [1.165, 1.54) is 11.1 Å². The highest BCUT2D eigenvalue weighted by Crippen LogP contribution is 2.24. The SMILES string of the molecule is CSCC(C)NC(C)c1ccc(C(C)(C)C)cc1. The second kappa shape index (κ2) is 6.63. The molecule has 1 rings (SSSR count). The molecule has 102 valence electrons. The fraction of sp³-hybridized carbons (Fsp3) is 0.625. The number of nitrogens with one attached hydrogen (secondary N) is 1. The summed E-state index contributed by atoms with van der Waals surface area (Å²) in [7, 11) is 0. The van der Waals surface area contributed by atoms with Gasteiger partial charge in [0.1, 0.15) is 0 Å². The molecule has 0 aliphatic heterocycles. The number of hydrogen-bond acceptors (Lipinski definition) is 2. The average molecular weight is 265 g/mol. The van der Waals surface area contributed by atoms with Crippen molar-refractivity contribution in [3.05, 3.63) is 35.4 Å². The van der Waals surface area contributed by atoms with Crippen LogP contribution in [0.25, 0.3) is 0 Å². The van der Waals surface area contributed by atoms with Crippen molar-refractivity contribution < 1.29 is 0 Å². The molecule has 1 nitrogen and oxygen atoms in total. The molecule has 0 saturated heterocycles. The summed E-state index contributed by atoms with van der Waals surface area (Å²) < 4.78 is 0. The summed E-state index contributed by atoms with van der Waals surface area (Å²) in [6.45, 7) is 11.2. The predicted molar refractivity (Wildman–Crippen MR) is 84.5 cm³/mol. The number of hydrogen-bond donors (Lipinski definition) is 1. The average Bonchev–Trinajstić information content (AvgIpc) is 2.28. The summed E-state index contributed by atoms with van der Waals surface area (Å²) in [5, 5.41) is 3.63. The van der Waals surface area contributed by atoms with Crippen LogP contribution in [-0.2, 0) is 5.41 Å². The number of thioether (sulfide) groups is 1. The molecular formula is C16H27NS. The van der Waals surface area contributed by atoms with E-state index in [2.05, 4.69) is 70.5 Å². The molecule has 0 aromatic heterocycles. The lowest BCUT2D eigenvalue weighted by Crippen LogP contribution is -2.30. The maximum absolute atomic E-state index is 3.63. The van der Waals surface area contributed by atoms with Crippen molar-refractivity contribution in [2.75, 3.05) is 12.0 Å². The van der Waals surface area contributed by atoms with Gasteiger partial charge in [-0.2, -0.15) is 11.8 Å². The van der Waals surface area contributed by atoms with E-state index in [-0.39, 0.29) is 5.41 Å². The number of rotatable bonds is 5. The first-order valence-electron chi connectivity index (χ1n) is 6.70. The van der Waals surface area contributed by atoms with Crippen molar-refractivity contribution in [3.63, 3.8) is 0 Å². The zero-order chi connectivity index (χ0) is 13.8. The van der Waals surface area contributed by atoms with Crippen LogP contribution < -0.4 is 5.32 Å². The van der Waals surface area contributed by atoms with Crippen molar-refractivity contribution in [2.24, 2.45) is 0 Å². The smallest absolute Gasteiger partial charge is 0.0294 e. The van der Waals surface area contributed by atoms with Crippen LogP contribution in [-0.4, -0.2) is 18.1 Å². The van der Waals surface area contributed by atoms with Crippen molar-refractivity contribution in [1.29, 1.82) is 0 Å². The Bertz CT molecular complexity index is 350. The highest BCUT2D eigenvalue weighted by atomic mass is 32.2. The van der Waals surface area contributed by atoms with Crippen LogP contribution in [0, 0.1) is 0 Å². The van der Waals surface area contributed by atoms with E-state index in [9.17, 15) is 0 Å². The summed E-state index contributed by atoms with van der Waals surface area (Å²) >= 11 is 1.89. The maximum Gasteiger partial charge on any atom is 0.0294 e. The second-order valence-electron chi connectivity index (χ2n) is 6.12. The van der Waals surface area contributed by atoms with Gasteiger partial charge in [0.05, 0.1) is 0 Å². The molecule has 0 aliphatic carbocycles. The largest absolute Gasteiger partial charge is 0.307 e. The van der Waals surface area contributed by atoms with Crippen molar-refractivity contribution in [1.82, 2.24) is 5.32 Å². The Kier molecular flexibility index (Phi) is 5.74. The third-order valence-corrected chi connectivity index (χ3v) is 4.06. The van der Waals surface area contributed by atoms with Crippen LogP contribution in [0.2, 0.25) is 0 Å². The lowest BCUT2D eigenvalue weighted by molar-refractivity contribution is 0.510. The van der Waals surface area contributed by atoms with Crippen LogP contribution in [0.15, 0.2) is 24.3 Å². The van der Waals surface area contributed by atoms with Gasteiger partial charge in [-0.25, -0.2) is 0 Å². The van der Waals surface area contributed by atoms with Gasteiger partial charge in [-0.3, -0.25) is 0 Å². The van der Waals surface area contributed by atoms with Gasteiger partial charge >= 0.3 is 0 Å². The molecule has 0 aliphatic rings. The van der Waals surface area contributed by atoms with Crippen LogP contribution in [0.1, 0.15) is 51.8 Å². The van der Waals surface area contributed by atoms with Gasteiger partial charge in [0.2, 0.25) is 0 Å². The summed E-state index contributed by atoms with van der Waals surface area (Å²) in [6.07, 6.45) is 2.15. The van der Waals surface area contributed by atoms with E-state index in [1.807, 2.05) is 11.8 Å². The Labute approximate surface area is 117 Å². The molecular weight excluding hydrogens is 238 g/mol. The summed E-state index contributed by atoms with van der Waals surface area (Å²) in [5.74, 6) is 1.16. The monoisotopic (exact) mass is 265 g/mol. The molecule has 0 heterocycles. The molecule has 0 fully saturated rings. The van der Waals surface area contributed by atoms with E-state index >= 15 is 0 Å². The Balaban J connectivity index is 2.67. The second-order valence-corrected chi connectivity index (χ2v) is 7.03. The Hall–Kier alpha value is -0.470. The minimum absolute atomic E-state index is 0.237. The third kappa shape index (κ3) is 4.66. The van der Waals surface area contributed by atoms with Crippen molar-refractivity contribution >= 4 is 11.8 Å². The molecule has 1 N–H and O–H groups in total. The lowest BCUT2D eigenvalue weighted by Gasteiger charge is -2.22. The molecule has 0 radical (unpaired) electrons. The molecule has 0 spiro atoms. The van der Waals surface area contributed by atoms with Crippen LogP contribution in [0.5, 0.6) is 0 Å². The first kappa shape index (κ1) is 15.6. The van der Waals surface area contributed by atoms with Gasteiger partial charge in [0.15, 0.2) is 0 Å². The molecule has 2 atom stereocenters. The van der Waals surface area contributed by atoms with Crippen molar-refractivity contribution in [3.8, 4) is 0 Å². The van der Waals surface area contributed by atoms with Crippen molar-refractivity contribution in [2.45, 2.75) is 52.1 Å². The normalized spacial score (nSPS) is 15.4. The molecule has 2 heteroatoms. The third-order valence-electron chi connectivity index (χ3n) is 3.23. The number of benzene rings is 1. The zero-order valence-electron chi connectivity index (χ0n) is 12.6. The van der Waals surface area contributed by atoms with E-state index in [0.29, 0.717) is 12.1 Å². The van der Waals surface area contributed by atoms with Gasteiger partial charge in [-0.05, 0) is 36.6 Å². The molecule has 0 amide bonds. The minimum atomic E-state index is 0.237. The van der Waals surface area contributed by atoms with Crippen LogP contribution >= 0.6 is 11.8 Å². The summed E-state index contributed by atoms with van der Waals surface area (Å²) in [6, 6.07) is 9.99. The molecule has 0 saturated carbocycles. The van der Waals surface area contributed by atoms with Crippen LogP contribution in [0.4, 0.5) is 0 Å². The summed E-state index contributed by atoms with van der Waals surface area (Å²) in [5.41, 5.74) is 3.01. The molecule has 1 aromatic rings. The predicted octanol–water partition coefficient (Wildman–Crippen LogP) is 4.39. The van der Waals surface area contributed by atoms with E-state index in [0.717, 1.165) is 5.75 Å². The van der Waals surface area contributed by atoms with E-state index in [1.54, 1.807) is 0 Å². The first-order valence-corrected chi connectivity index (χ1v) is 8.09. The van der Waals surface area contributed by atoms with Gasteiger partial charge in [0, 0.05) is 17.8 Å². The maximum atomic E-state index is 3.63. The van der Waals surface area contributed by atoms with Crippen LogP contribution in [0.3, 0.4) is 0 Å². The van der Waals surface area contributed by atoms with Gasteiger partial charge in [-0.1, -0.05) is 45.0 Å². The van der Waals surface area contributed by atoms with Gasteiger partial charge in [-0.15, -0.1) is 0 Å². The fourth-order valence-electron chi connectivity index (χ4n) is 2.09. The first-order chi connectivity index (χ1) is 8.34. The highest BCUT2D eigenvalue weighted by Gasteiger charge is 2.14. The Morgan fingerprint density at radius 1 is 1.11 bits per heavy atom. The Morgan fingerprint density at radius 2 is 1.67 bits per heavy atom. The standard InChI is InChI=1S/C16H27NS/c1-12(11-18-6)17-13(2)14-7-9-15(10-8-14)16(3,4)5/h7-10,12-13,17H,11H2,1-6H3. The highest BCUT2D eigenvalue weighted by molar-refractivity contribution is 7.98. The molecule has 1 aromatic carbocycles. The van der Waals surface area contributed by atoms with Gasteiger partial charge in [0.25, 0.3) is 0 Å². The molecule has 2 unspecified atom stereocenters. The topological polar surface area (TPSA) is 12.0 Å². The molecule has 0 bridgehead atoms. The molecule has 18 heavy (non-hydrogen) atoms. The van der Waals surface area contributed by atoms with Gasteiger partial charge < -0.3 is 5.32 Å². The zero-order valence-corrected chi connectivity index (χ0v) is 13.4. The minimum Gasteiger partial charge on any atom is -0.307 e.